The van der Waals surface area contributed by atoms with E-state index < -0.39 is 0 Å². The van der Waals surface area contributed by atoms with Crippen LogP contribution in [0.1, 0.15) is 16.7 Å². The van der Waals surface area contributed by atoms with Crippen molar-refractivity contribution in [2.45, 2.75) is 13.5 Å². The summed E-state index contributed by atoms with van der Waals surface area (Å²) < 4.78 is 24.7. The Kier molecular flexibility index (Phi) is 6.90. The first-order chi connectivity index (χ1) is 15.5. The predicted molar refractivity (Wildman–Crippen MR) is 130 cm³/mol. The second kappa shape index (κ2) is 10.0. The van der Waals surface area contributed by atoms with E-state index in [4.69, 9.17) is 21.7 Å². The van der Waals surface area contributed by atoms with Crippen molar-refractivity contribution in [2.75, 3.05) is 38.2 Å². The van der Waals surface area contributed by atoms with E-state index in [0.29, 0.717) is 18.1 Å². The van der Waals surface area contributed by atoms with Crippen LogP contribution in [0.15, 0.2) is 66.7 Å². The van der Waals surface area contributed by atoms with Gasteiger partial charge in [-0.05, 0) is 55.0 Å². The Bertz CT molecular complexity index is 1060. The first kappa shape index (κ1) is 22.1. The van der Waals surface area contributed by atoms with Gasteiger partial charge in [0.1, 0.15) is 17.4 Å². The molecule has 0 aliphatic carbocycles. The highest BCUT2D eigenvalue weighted by molar-refractivity contribution is 7.80. The van der Waals surface area contributed by atoms with Gasteiger partial charge in [-0.1, -0.05) is 42.0 Å². The number of rotatable bonds is 6. The lowest BCUT2D eigenvalue weighted by Gasteiger charge is -2.37. The van der Waals surface area contributed by atoms with Crippen LogP contribution in [0, 0.1) is 12.7 Å². The molecule has 0 atom stereocenters. The summed E-state index contributed by atoms with van der Waals surface area (Å²) in [7, 11) is 1.64. The van der Waals surface area contributed by atoms with E-state index >= 15 is 0 Å². The Morgan fingerprint density at radius 1 is 0.906 bits per heavy atom. The van der Waals surface area contributed by atoms with Gasteiger partial charge in [-0.2, -0.15) is 0 Å². The van der Waals surface area contributed by atoms with E-state index in [1.54, 1.807) is 7.11 Å². The normalized spacial score (nSPS) is 13.7. The zero-order valence-corrected chi connectivity index (χ0v) is 19.2. The van der Waals surface area contributed by atoms with Gasteiger partial charge in [0.25, 0.3) is 0 Å². The first-order valence-electron chi connectivity index (χ1n) is 10.7. The molecular formula is C26H27FN2O2S. The molecule has 0 spiro atoms. The van der Waals surface area contributed by atoms with Crippen LogP contribution in [0.5, 0.6) is 11.5 Å². The monoisotopic (exact) mass is 450 g/mol. The molecule has 3 aromatic rings. The van der Waals surface area contributed by atoms with Crippen molar-refractivity contribution >= 4 is 22.9 Å². The molecular weight excluding hydrogens is 423 g/mol. The highest BCUT2D eigenvalue weighted by Crippen LogP contribution is 2.30. The largest absolute Gasteiger partial charge is 0.493 e. The van der Waals surface area contributed by atoms with E-state index in [1.807, 2.05) is 30.3 Å². The Labute approximate surface area is 194 Å². The molecule has 0 aromatic heterocycles. The summed E-state index contributed by atoms with van der Waals surface area (Å²) >= 11 is 5.78. The molecule has 166 valence electrons. The van der Waals surface area contributed by atoms with Gasteiger partial charge in [-0.25, -0.2) is 4.39 Å². The lowest BCUT2D eigenvalue weighted by Crippen LogP contribution is -2.48. The molecule has 0 radical (unpaired) electrons. The fourth-order valence-corrected chi connectivity index (χ4v) is 4.08. The summed E-state index contributed by atoms with van der Waals surface area (Å²) in [6, 6.07) is 20.8. The standard InChI is InChI=1S/C26H27FN2O2S/c1-19-3-5-20(6-4-19)18-31-24-12-7-21(17-25(24)30-2)26(32)29-15-13-28(14-16-29)23-10-8-22(27)9-11-23/h3-12,17H,13-16,18H2,1-2H3. The number of aryl methyl sites for hydroxylation is 1. The van der Waals surface area contributed by atoms with Crippen molar-refractivity contribution in [3.63, 3.8) is 0 Å². The maximum absolute atomic E-state index is 13.2. The second-order valence-electron chi connectivity index (χ2n) is 7.90. The van der Waals surface area contributed by atoms with Crippen LogP contribution in [-0.2, 0) is 6.61 Å². The number of benzene rings is 3. The Balaban J connectivity index is 1.38. The third-order valence-electron chi connectivity index (χ3n) is 5.68. The predicted octanol–water partition coefficient (Wildman–Crippen LogP) is 5.22. The average Bonchev–Trinajstić information content (AvgIpc) is 2.84. The molecule has 0 saturated carbocycles. The molecule has 1 fully saturated rings. The van der Waals surface area contributed by atoms with Crippen LogP contribution in [0.2, 0.25) is 0 Å². The van der Waals surface area contributed by atoms with Gasteiger partial charge in [-0.15, -0.1) is 0 Å². The van der Waals surface area contributed by atoms with E-state index in [9.17, 15) is 4.39 Å². The number of thiocarbonyl (C=S) groups is 1. The fraction of sp³-hybridized carbons (Fsp3) is 0.269. The number of methoxy groups -OCH3 is 1. The molecule has 1 saturated heterocycles. The molecule has 0 N–H and O–H groups in total. The maximum atomic E-state index is 13.2. The molecule has 0 unspecified atom stereocenters. The Hall–Kier alpha value is -3.12. The molecule has 4 rings (SSSR count). The number of hydrogen-bond acceptors (Lipinski definition) is 4. The summed E-state index contributed by atoms with van der Waals surface area (Å²) in [6.45, 7) is 5.83. The topological polar surface area (TPSA) is 24.9 Å². The zero-order valence-electron chi connectivity index (χ0n) is 18.4. The van der Waals surface area contributed by atoms with Crippen LogP contribution >= 0.6 is 12.2 Å². The molecule has 1 heterocycles. The van der Waals surface area contributed by atoms with Gasteiger partial charge in [0.05, 0.1) is 7.11 Å². The number of anilines is 1. The number of hydrogen-bond donors (Lipinski definition) is 0. The van der Waals surface area contributed by atoms with Crippen molar-refractivity contribution < 1.29 is 13.9 Å². The van der Waals surface area contributed by atoms with Gasteiger partial charge >= 0.3 is 0 Å². The Morgan fingerprint density at radius 2 is 1.59 bits per heavy atom. The van der Waals surface area contributed by atoms with Gasteiger partial charge in [0.15, 0.2) is 11.5 Å². The van der Waals surface area contributed by atoms with Crippen molar-refractivity contribution in [1.29, 1.82) is 0 Å². The van der Waals surface area contributed by atoms with Crippen molar-refractivity contribution in [1.82, 2.24) is 4.90 Å². The quantitative estimate of drug-likeness (QED) is 0.480. The number of ether oxygens (including phenoxy) is 2. The van der Waals surface area contributed by atoms with Crippen LogP contribution in [0.4, 0.5) is 10.1 Å². The summed E-state index contributed by atoms with van der Waals surface area (Å²) in [4.78, 5) is 5.25. The van der Waals surface area contributed by atoms with Gasteiger partial charge in [-0.3, -0.25) is 0 Å². The van der Waals surface area contributed by atoms with Crippen molar-refractivity contribution in [3.05, 3.63) is 89.2 Å². The smallest absolute Gasteiger partial charge is 0.161 e. The first-order valence-corrected chi connectivity index (χ1v) is 11.1. The van der Waals surface area contributed by atoms with Crippen molar-refractivity contribution in [2.24, 2.45) is 0 Å². The number of piperazine rings is 1. The molecule has 4 nitrogen and oxygen atoms in total. The lowest BCUT2D eigenvalue weighted by atomic mass is 10.1. The molecule has 0 amide bonds. The third-order valence-corrected chi connectivity index (χ3v) is 6.18. The molecule has 3 aromatic carbocycles. The summed E-state index contributed by atoms with van der Waals surface area (Å²) in [5, 5.41) is 0. The van der Waals surface area contributed by atoms with Gasteiger partial charge < -0.3 is 19.3 Å². The van der Waals surface area contributed by atoms with Crippen molar-refractivity contribution in [3.8, 4) is 11.5 Å². The lowest BCUT2D eigenvalue weighted by molar-refractivity contribution is 0.284. The minimum absolute atomic E-state index is 0.214. The summed E-state index contributed by atoms with van der Waals surface area (Å²) in [5.41, 5.74) is 4.31. The number of nitrogens with zero attached hydrogens (tertiary/aromatic N) is 2. The van der Waals surface area contributed by atoms with E-state index in [2.05, 4.69) is 41.0 Å². The van der Waals surface area contributed by atoms with Crippen LogP contribution in [0.25, 0.3) is 0 Å². The summed E-state index contributed by atoms with van der Waals surface area (Å²) in [5.74, 6) is 1.15. The number of halogens is 1. The van der Waals surface area contributed by atoms with E-state index in [1.165, 1.54) is 17.7 Å². The SMILES string of the molecule is COc1cc(C(=S)N2CCN(c3ccc(F)cc3)CC2)ccc1OCc1ccc(C)cc1. The van der Waals surface area contributed by atoms with E-state index in [-0.39, 0.29) is 5.82 Å². The minimum atomic E-state index is -0.214. The second-order valence-corrected chi connectivity index (χ2v) is 8.28. The molecule has 0 bridgehead atoms. The zero-order chi connectivity index (χ0) is 22.5. The minimum Gasteiger partial charge on any atom is -0.493 e. The van der Waals surface area contributed by atoms with Gasteiger partial charge in [0, 0.05) is 37.4 Å². The Morgan fingerprint density at radius 3 is 2.25 bits per heavy atom. The van der Waals surface area contributed by atoms with Crippen LogP contribution < -0.4 is 14.4 Å². The molecule has 1 aliphatic rings. The van der Waals surface area contributed by atoms with Crippen LogP contribution in [-0.4, -0.2) is 43.2 Å². The van der Waals surface area contributed by atoms with Gasteiger partial charge in [0.2, 0.25) is 0 Å². The fourth-order valence-electron chi connectivity index (χ4n) is 3.77. The highest BCUT2D eigenvalue weighted by Gasteiger charge is 2.21. The van der Waals surface area contributed by atoms with E-state index in [0.717, 1.165) is 48.0 Å². The maximum Gasteiger partial charge on any atom is 0.161 e. The molecule has 32 heavy (non-hydrogen) atoms. The highest BCUT2D eigenvalue weighted by atomic mass is 32.1. The third kappa shape index (κ3) is 5.19. The van der Waals surface area contributed by atoms with Crippen LogP contribution in [0.3, 0.4) is 0 Å². The average molecular weight is 451 g/mol. The summed E-state index contributed by atoms with van der Waals surface area (Å²) in [6.07, 6.45) is 0. The molecule has 6 heteroatoms. The molecule has 1 aliphatic heterocycles.